The lowest BCUT2D eigenvalue weighted by atomic mass is 10.2. The monoisotopic (exact) mass is 316 g/mol. The van der Waals surface area contributed by atoms with Gasteiger partial charge < -0.3 is 5.11 Å². The number of allylic oxidation sites excluding steroid dienone is 1. The van der Waals surface area contributed by atoms with Crippen molar-refractivity contribution < 1.29 is 5.11 Å². The van der Waals surface area contributed by atoms with E-state index in [9.17, 15) is 0 Å². The Morgan fingerprint density at radius 2 is 2.25 bits per heavy atom. The van der Waals surface area contributed by atoms with Gasteiger partial charge >= 0.3 is 0 Å². The van der Waals surface area contributed by atoms with Gasteiger partial charge in [0.05, 0.1) is 6.61 Å². The predicted octanol–water partition coefficient (Wildman–Crippen LogP) is 4.03. The molecule has 1 aliphatic rings. The van der Waals surface area contributed by atoms with Crippen LogP contribution in [0.15, 0.2) is 49.4 Å². The molecule has 0 aromatic heterocycles. The van der Waals surface area contributed by atoms with Gasteiger partial charge in [-0.25, -0.2) is 0 Å². The normalized spacial score (nSPS) is 21.2. The van der Waals surface area contributed by atoms with E-state index in [0.717, 1.165) is 10.0 Å². The van der Waals surface area contributed by atoms with Crippen LogP contribution in [-0.4, -0.2) is 11.4 Å². The molecule has 0 radical (unpaired) electrons. The summed E-state index contributed by atoms with van der Waals surface area (Å²) in [4.78, 5) is 2.66. The minimum absolute atomic E-state index is 0.0839. The standard InChI is InChI=1S/C12H13BrOS2/c1-15-10-4-5-16(8-10)11-3-2-9(7-14)12(13)6-11/h2-6,8,14,16H,7H2,1H3. The van der Waals surface area contributed by atoms with Crippen LogP contribution in [0.4, 0.5) is 0 Å². The second kappa shape index (κ2) is 5.45. The third-order valence-corrected chi connectivity index (χ3v) is 5.95. The maximum Gasteiger partial charge on any atom is 0.0692 e. The molecule has 1 N–H and O–H groups in total. The van der Waals surface area contributed by atoms with Crippen LogP contribution >= 0.6 is 38.6 Å². The second-order valence-electron chi connectivity index (χ2n) is 3.39. The summed E-state index contributed by atoms with van der Waals surface area (Å²) in [6.07, 6.45) is 4.28. The Hall–Kier alpha value is -0.160. The first-order valence-electron chi connectivity index (χ1n) is 4.86. The minimum atomic E-state index is -0.294. The lowest BCUT2D eigenvalue weighted by Crippen LogP contribution is -1.86. The number of rotatable bonds is 3. The highest BCUT2D eigenvalue weighted by Crippen LogP contribution is 2.46. The first-order chi connectivity index (χ1) is 7.74. The van der Waals surface area contributed by atoms with E-state index < -0.39 is 0 Å². The number of thioether (sulfide) groups is 1. The molecule has 16 heavy (non-hydrogen) atoms. The molecule has 0 bridgehead atoms. The largest absolute Gasteiger partial charge is 0.392 e. The molecule has 86 valence electrons. The molecule has 0 saturated carbocycles. The highest BCUT2D eigenvalue weighted by atomic mass is 79.9. The Balaban J connectivity index is 2.26. The summed E-state index contributed by atoms with van der Waals surface area (Å²) in [6, 6.07) is 6.20. The molecule has 2 rings (SSSR count). The Bertz CT molecular complexity index is 454. The summed E-state index contributed by atoms with van der Waals surface area (Å²) in [6.45, 7) is 0.0839. The minimum Gasteiger partial charge on any atom is -0.392 e. The fourth-order valence-corrected chi connectivity index (χ4v) is 4.85. The smallest absolute Gasteiger partial charge is 0.0692 e. The molecule has 1 unspecified atom stereocenters. The number of aliphatic hydroxyl groups excluding tert-OH is 1. The summed E-state index contributed by atoms with van der Waals surface area (Å²) >= 11 is 5.27. The van der Waals surface area contributed by atoms with E-state index in [2.05, 4.69) is 51.2 Å². The predicted molar refractivity (Wildman–Crippen MR) is 78.1 cm³/mol. The number of benzene rings is 1. The van der Waals surface area contributed by atoms with E-state index in [-0.39, 0.29) is 17.5 Å². The van der Waals surface area contributed by atoms with Crippen LogP contribution in [0.2, 0.25) is 0 Å². The van der Waals surface area contributed by atoms with Crippen molar-refractivity contribution in [2.75, 3.05) is 6.26 Å². The fourth-order valence-electron chi connectivity index (χ4n) is 1.48. The zero-order valence-electron chi connectivity index (χ0n) is 8.85. The van der Waals surface area contributed by atoms with Crippen molar-refractivity contribution in [3.8, 4) is 0 Å². The molecule has 1 nitrogen and oxygen atoms in total. The van der Waals surface area contributed by atoms with Gasteiger partial charge in [0.1, 0.15) is 0 Å². The van der Waals surface area contributed by atoms with Crippen molar-refractivity contribution in [3.05, 3.63) is 50.0 Å². The summed E-state index contributed by atoms with van der Waals surface area (Å²) in [7, 11) is -0.294. The quantitative estimate of drug-likeness (QED) is 0.821. The van der Waals surface area contributed by atoms with Crippen LogP contribution in [0.1, 0.15) is 5.56 Å². The van der Waals surface area contributed by atoms with Crippen molar-refractivity contribution in [2.24, 2.45) is 0 Å². The molecular weight excluding hydrogens is 304 g/mol. The van der Waals surface area contributed by atoms with Crippen LogP contribution in [0, 0.1) is 0 Å². The molecule has 0 saturated heterocycles. The Labute approximate surface area is 111 Å². The van der Waals surface area contributed by atoms with Gasteiger partial charge in [0.25, 0.3) is 0 Å². The highest BCUT2D eigenvalue weighted by Gasteiger charge is 2.09. The molecule has 0 aliphatic carbocycles. The molecule has 1 aliphatic heterocycles. The van der Waals surface area contributed by atoms with E-state index in [0.29, 0.717) is 0 Å². The van der Waals surface area contributed by atoms with Crippen molar-refractivity contribution >= 4 is 38.6 Å². The van der Waals surface area contributed by atoms with Gasteiger partial charge in [-0.1, -0.05) is 22.0 Å². The summed E-state index contributed by atoms with van der Waals surface area (Å²) in [5, 5.41) is 13.7. The second-order valence-corrected chi connectivity index (χ2v) is 7.01. The molecule has 4 heteroatoms. The molecule has 0 spiro atoms. The molecule has 1 heterocycles. The number of halogens is 1. The van der Waals surface area contributed by atoms with Crippen LogP contribution in [0.3, 0.4) is 0 Å². The average Bonchev–Trinajstić information content (AvgIpc) is 2.77. The fraction of sp³-hybridized carbons (Fsp3) is 0.167. The van der Waals surface area contributed by atoms with Gasteiger partial charge in [0.15, 0.2) is 0 Å². The summed E-state index contributed by atoms with van der Waals surface area (Å²) in [5.41, 5.74) is 0.941. The molecular formula is C12H13BrOS2. The molecule has 0 amide bonds. The lowest BCUT2D eigenvalue weighted by Gasteiger charge is -2.12. The summed E-state index contributed by atoms with van der Waals surface area (Å²) in [5.74, 6) is 0. The zero-order chi connectivity index (χ0) is 11.5. The lowest BCUT2D eigenvalue weighted by molar-refractivity contribution is 0.281. The van der Waals surface area contributed by atoms with Gasteiger partial charge in [-0.05, 0) is 45.7 Å². The van der Waals surface area contributed by atoms with Gasteiger partial charge in [-0.3, -0.25) is 0 Å². The van der Waals surface area contributed by atoms with Gasteiger partial charge in [-0.2, -0.15) is 10.9 Å². The molecule has 1 aromatic rings. The Morgan fingerprint density at radius 1 is 1.44 bits per heavy atom. The maximum atomic E-state index is 9.10. The van der Waals surface area contributed by atoms with Gasteiger partial charge in [-0.15, -0.1) is 11.8 Å². The first kappa shape index (κ1) is 12.3. The maximum absolute atomic E-state index is 9.10. The third-order valence-electron chi connectivity index (χ3n) is 2.41. The number of hydrogen-bond donors (Lipinski definition) is 2. The summed E-state index contributed by atoms with van der Waals surface area (Å²) < 4.78 is 0.995. The molecule has 1 atom stereocenters. The number of aliphatic hydroxyl groups is 1. The van der Waals surface area contributed by atoms with Crippen LogP contribution in [-0.2, 0) is 6.61 Å². The van der Waals surface area contributed by atoms with Crippen LogP contribution in [0.25, 0.3) is 0 Å². The third kappa shape index (κ3) is 2.56. The van der Waals surface area contributed by atoms with E-state index >= 15 is 0 Å². The Kier molecular flexibility index (Phi) is 4.19. The van der Waals surface area contributed by atoms with E-state index in [1.54, 1.807) is 11.8 Å². The SMILES string of the molecule is CSC1=C[SH](c2ccc(CO)c(Br)c2)C=C1. The first-order valence-corrected chi connectivity index (χ1v) is 8.36. The van der Waals surface area contributed by atoms with Crippen LogP contribution in [0.5, 0.6) is 0 Å². The van der Waals surface area contributed by atoms with Crippen LogP contribution < -0.4 is 0 Å². The van der Waals surface area contributed by atoms with Gasteiger partial charge in [0, 0.05) is 9.38 Å². The zero-order valence-corrected chi connectivity index (χ0v) is 12.1. The average molecular weight is 317 g/mol. The van der Waals surface area contributed by atoms with E-state index in [1.807, 2.05) is 6.07 Å². The van der Waals surface area contributed by atoms with Crippen molar-refractivity contribution in [1.29, 1.82) is 0 Å². The number of thiol groups is 1. The topological polar surface area (TPSA) is 20.2 Å². The number of hydrogen-bond acceptors (Lipinski definition) is 2. The van der Waals surface area contributed by atoms with Crippen molar-refractivity contribution in [2.45, 2.75) is 11.5 Å². The molecule has 1 aromatic carbocycles. The molecule has 0 fully saturated rings. The Morgan fingerprint density at radius 3 is 2.81 bits per heavy atom. The van der Waals surface area contributed by atoms with Crippen molar-refractivity contribution in [3.63, 3.8) is 0 Å². The van der Waals surface area contributed by atoms with E-state index in [4.69, 9.17) is 5.11 Å². The van der Waals surface area contributed by atoms with E-state index in [1.165, 1.54) is 9.80 Å². The highest BCUT2D eigenvalue weighted by molar-refractivity contribution is 9.10. The van der Waals surface area contributed by atoms with Crippen molar-refractivity contribution in [1.82, 2.24) is 0 Å². The van der Waals surface area contributed by atoms with Gasteiger partial charge in [0.2, 0.25) is 0 Å².